The van der Waals surface area contributed by atoms with Crippen molar-refractivity contribution in [3.8, 4) is 0 Å². The molecule has 0 atom stereocenters. The summed E-state index contributed by atoms with van der Waals surface area (Å²) < 4.78 is 48.2. The van der Waals surface area contributed by atoms with Crippen molar-refractivity contribution in [1.29, 1.82) is 0 Å². The average Bonchev–Trinajstić information content (AvgIpc) is 2.41. The van der Waals surface area contributed by atoms with Crippen LogP contribution in [-0.4, -0.2) is 11.4 Å². The summed E-state index contributed by atoms with van der Waals surface area (Å²) in [6, 6.07) is 0. The molecule has 32 heteroatoms. The zero-order valence-electron chi connectivity index (χ0n) is 14.6. The first-order valence-corrected chi connectivity index (χ1v) is 17.3. The Bertz CT molecular complexity index is 768. The van der Waals surface area contributed by atoms with Gasteiger partial charge in [-0.25, -0.2) is 0 Å². The van der Waals surface area contributed by atoms with Crippen LogP contribution in [0.1, 0.15) is 0 Å². The summed E-state index contributed by atoms with van der Waals surface area (Å²) in [5, 5.41) is 0. The van der Waals surface area contributed by atoms with E-state index in [0.717, 1.165) is 0 Å². The predicted molar refractivity (Wildman–Crippen MR) is 88.9 cm³/mol. The predicted octanol–water partition coefficient (Wildman–Crippen LogP) is -6.30. The van der Waals surface area contributed by atoms with E-state index in [4.69, 9.17) is 0 Å². The second kappa shape index (κ2) is 15.5. The third kappa shape index (κ3) is 14.7. The number of alkyl halides is 6. The van der Waals surface area contributed by atoms with Crippen molar-refractivity contribution >= 4 is 115 Å². The molecule has 0 radical (unpaired) electrons. The van der Waals surface area contributed by atoms with Crippen LogP contribution in [0.4, 0.5) is 0 Å². The summed E-state index contributed by atoms with van der Waals surface area (Å²) in [6.07, 6.45) is 0. The maximum Gasteiger partial charge on any atom is 6.00 e. The minimum absolute atomic E-state index is 0. The molecule has 0 aliphatic rings. The summed E-state index contributed by atoms with van der Waals surface area (Å²) in [4.78, 5) is 119. The van der Waals surface area contributed by atoms with Crippen molar-refractivity contribution in [3.05, 3.63) is 0 Å². The fourth-order valence-electron chi connectivity index (χ4n) is 0.450. The SMILES string of the molecule is O=P([O-])([O-])C(Cl)(Cl)P(=O)([O-])[O-].O=P([O-])([O-])C(Cl)(Cl)P(=O)([O-])[O-].O=P([O-])([O-])C(Cl)(Cl)P(=O)([O-])[O-].[Mo+6].[Mo+6]. The Morgan fingerprint density at radius 3 is 0.371 bits per heavy atom. The van der Waals surface area contributed by atoms with Crippen LogP contribution in [0.25, 0.3) is 0 Å². The van der Waals surface area contributed by atoms with E-state index in [1.807, 2.05) is 0 Å². The third-order valence-corrected chi connectivity index (χ3v) is 17.8. The maximum atomic E-state index is 9.94. The molecule has 0 amide bonds. The van der Waals surface area contributed by atoms with E-state index in [1.54, 1.807) is 0 Å². The molecule has 18 nitrogen and oxygen atoms in total. The van der Waals surface area contributed by atoms with Gasteiger partial charge < -0.3 is 86.1 Å². The van der Waals surface area contributed by atoms with Gasteiger partial charge in [0.1, 0.15) is 0 Å². The van der Waals surface area contributed by atoms with Crippen LogP contribution in [0.5, 0.6) is 0 Å². The molecule has 35 heavy (non-hydrogen) atoms. The molecule has 0 rings (SSSR count). The van der Waals surface area contributed by atoms with Crippen LogP contribution in [-0.2, 0) is 69.5 Å². The third-order valence-electron chi connectivity index (χ3n) is 1.98. The Balaban J connectivity index is -0.000000125. The Kier molecular flexibility index (Phi) is 21.5. The standard InChI is InChI=1S/3CH4Cl2O6P2.2Mo/c3*2-1(3,10(4,5)6)11(7,8)9;;/h3*(H2,4,5,6)(H2,7,8,9);;/q;;;2*+6/p-12. The van der Waals surface area contributed by atoms with Crippen LogP contribution in [0.15, 0.2) is 0 Å². The van der Waals surface area contributed by atoms with E-state index < -0.39 is 57.0 Å². The molecule has 0 saturated heterocycles. The van der Waals surface area contributed by atoms with Crippen LogP contribution in [0.2, 0.25) is 0 Å². The van der Waals surface area contributed by atoms with Crippen LogP contribution < -0.4 is 58.7 Å². The van der Waals surface area contributed by atoms with Gasteiger partial charge in [0.25, 0.3) is 0 Å². The van der Waals surface area contributed by atoms with E-state index in [2.05, 4.69) is 69.6 Å². The van der Waals surface area contributed by atoms with Crippen molar-refractivity contribution in [2.24, 2.45) is 0 Å². The van der Waals surface area contributed by atoms with Crippen molar-refractivity contribution < 1.29 is 128 Å². The van der Waals surface area contributed by atoms with Crippen molar-refractivity contribution in [2.75, 3.05) is 0 Å². The molecule has 0 unspecified atom stereocenters. The fraction of sp³-hybridized carbons (Fsp3) is 1.00. The topological polar surface area (TPSA) is 379 Å². The molecule has 0 saturated carbocycles. The smallest absolute Gasteiger partial charge is 0.808 e. The van der Waals surface area contributed by atoms with Gasteiger partial charge in [-0.2, -0.15) is 0 Å². The molecule has 0 aliphatic heterocycles. The van der Waals surface area contributed by atoms with Gasteiger partial charge in [0.15, 0.2) is 11.4 Å². The van der Waals surface area contributed by atoms with Gasteiger partial charge in [-0.1, -0.05) is 69.6 Å². The van der Waals surface area contributed by atoms with Crippen molar-refractivity contribution in [3.63, 3.8) is 0 Å². The maximum absolute atomic E-state index is 9.94. The van der Waals surface area contributed by atoms with Crippen molar-refractivity contribution in [2.45, 2.75) is 11.4 Å². The molecule has 0 N–H and O–H groups in total. The Labute approximate surface area is 252 Å². The van der Waals surface area contributed by atoms with E-state index in [9.17, 15) is 86.1 Å². The normalized spacial score (nSPS) is 14.2. The first kappa shape index (κ1) is 48.7. The summed E-state index contributed by atoms with van der Waals surface area (Å²) in [7, 11) is -35.1. The Hall–Kier alpha value is 4.02. The number of rotatable bonds is 6. The quantitative estimate of drug-likeness (QED) is 0.136. The molecular weight excluding hydrogens is 914 g/mol. The molecule has 0 bridgehead atoms. The largest absolute Gasteiger partial charge is 6.00 e. The van der Waals surface area contributed by atoms with Gasteiger partial charge in [-0.15, -0.1) is 0 Å². The first-order chi connectivity index (χ1) is 13.5. The summed E-state index contributed by atoms with van der Waals surface area (Å²) in [6.45, 7) is 0. The Morgan fingerprint density at radius 2 is 0.371 bits per heavy atom. The van der Waals surface area contributed by atoms with Gasteiger partial charge in [0.05, 0.1) is 0 Å². The Morgan fingerprint density at radius 1 is 0.314 bits per heavy atom. The number of hydrogen-bond donors (Lipinski definition) is 0. The molecule has 0 aromatic rings. The van der Waals surface area contributed by atoms with E-state index in [1.165, 1.54) is 0 Å². The van der Waals surface area contributed by atoms with Crippen LogP contribution >= 0.6 is 115 Å². The molecule has 204 valence electrons. The van der Waals surface area contributed by atoms with Gasteiger partial charge in [-0.3, -0.25) is 0 Å². The number of halogens is 6. The minimum Gasteiger partial charge on any atom is -0.808 e. The van der Waals surface area contributed by atoms with Crippen LogP contribution in [0, 0.1) is 0 Å². The van der Waals surface area contributed by atoms with Gasteiger partial charge in [0.2, 0.25) is 0 Å². The van der Waals surface area contributed by atoms with Crippen LogP contribution in [0.3, 0.4) is 0 Å². The van der Waals surface area contributed by atoms with E-state index in [0.29, 0.717) is 0 Å². The molecule has 0 fully saturated rings. The number of hydrogen-bond acceptors (Lipinski definition) is 18. The average molecular weight is 914 g/mol. The van der Waals surface area contributed by atoms with Gasteiger partial charge >= 0.3 is 42.1 Å². The molecule has 0 spiro atoms. The second-order valence-electron chi connectivity index (χ2n) is 4.51. The molecule has 0 aromatic carbocycles. The van der Waals surface area contributed by atoms with Gasteiger partial charge in [-0.05, 0) is 45.6 Å². The van der Waals surface area contributed by atoms with Crippen molar-refractivity contribution in [1.82, 2.24) is 0 Å². The minimum atomic E-state index is -5.85. The second-order valence-corrected chi connectivity index (χ2v) is 22.7. The van der Waals surface area contributed by atoms with Gasteiger partial charge in [0, 0.05) is 0 Å². The zero-order chi connectivity index (χ0) is 28.5. The molecule has 0 heterocycles. The molecule has 0 aliphatic carbocycles. The zero-order valence-corrected chi connectivity index (χ0v) is 28.5. The summed E-state index contributed by atoms with van der Waals surface area (Å²) in [5.74, 6) is 0. The summed E-state index contributed by atoms with van der Waals surface area (Å²) in [5.41, 5.74) is 0. The first-order valence-electron chi connectivity index (χ1n) is 5.76. The van der Waals surface area contributed by atoms with E-state index in [-0.39, 0.29) is 42.1 Å². The molecular formula is C3Cl6Mo2O18P6. The summed E-state index contributed by atoms with van der Waals surface area (Å²) >= 11 is 26.9. The monoisotopic (exact) mass is 915 g/mol. The molecule has 0 aromatic heterocycles. The van der Waals surface area contributed by atoms with E-state index >= 15 is 0 Å². The fourth-order valence-corrected chi connectivity index (χ4v) is 4.05.